The number of hydrogen-bond donors (Lipinski definition) is 0. The summed E-state index contributed by atoms with van der Waals surface area (Å²) in [5.74, 6) is 0.667. The maximum Gasteiger partial charge on any atom is 0.264 e. The van der Waals surface area contributed by atoms with Gasteiger partial charge in [-0.15, -0.1) is 11.3 Å². The molecule has 0 bridgehead atoms. The number of amides is 1. The van der Waals surface area contributed by atoms with E-state index >= 15 is 0 Å². The standard InChI is InChI=1S/C24H29N3O2S/c1-3-4-12-27-16-25-22-20(23(27)28)17(2)21(30-22)24(29)26-13-10-19(11-14-26)15-18-8-6-5-7-9-18/h5-9,16,19H,3-4,10-15H2,1-2H3. The Labute approximate surface area is 181 Å². The van der Waals surface area contributed by atoms with Gasteiger partial charge in [-0.05, 0) is 49.7 Å². The molecule has 158 valence electrons. The Balaban J connectivity index is 1.48. The van der Waals surface area contributed by atoms with Gasteiger partial charge >= 0.3 is 0 Å². The van der Waals surface area contributed by atoms with Gasteiger partial charge in [0.1, 0.15) is 4.83 Å². The number of benzene rings is 1. The van der Waals surface area contributed by atoms with Crippen LogP contribution in [0.3, 0.4) is 0 Å². The van der Waals surface area contributed by atoms with Gasteiger partial charge in [0.15, 0.2) is 0 Å². The van der Waals surface area contributed by atoms with Crippen molar-refractivity contribution < 1.29 is 4.79 Å². The fourth-order valence-corrected chi connectivity index (χ4v) is 5.39. The van der Waals surface area contributed by atoms with Crippen molar-refractivity contribution in [2.45, 2.75) is 52.5 Å². The van der Waals surface area contributed by atoms with Gasteiger partial charge in [0.25, 0.3) is 11.5 Å². The van der Waals surface area contributed by atoms with Crippen LogP contribution in [0.4, 0.5) is 0 Å². The maximum atomic E-state index is 13.2. The third-order valence-corrected chi connectivity index (χ3v) is 7.32. The second-order valence-electron chi connectivity index (χ2n) is 8.26. The van der Waals surface area contributed by atoms with Gasteiger partial charge < -0.3 is 4.90 Å². The number of nitrogens with zero attached hydrogens (tertiary/aromatic N) is 3. The van der Waals surface area contributed by atoms with E-state index < -0.39 is 0 Å². The molecule has 1 aliphatic heterocycles. The van der Waals surface area contributed by atoms with Gasteiger partial charge in [-0.1, -0.05) is 43.7 Å². The number of unbranched alkanes of at least 4 members (excludes halogenated alkanes) is 1. The molecular weight excluding hydrogens is 394 g/mol. The van der Waals surface area contributed by atoms with Crippen molar-refractivity contribution in [3.05, 3.63) is 63.0 Å². The van der Waals surface area contributed by atoms with Gasteiger partial charge in [0, 0.05) is 19.6 Å². The molecule has 1 saturated heterocycles. The number of thiophene rings is 1. The number of fused-ring (bicyclic) bond motifs is 1. The Morgan fingerprint density at radius 2 is 1.93 bits per heavy atom. The highest BCUT2D eigenvalue weighted by Gasteiger charge is 2.27. The van der Waals surface area contributed by atoms with Crippen molar-refractivity contribution in [3.8, 4) is 0 Å². The number of aromatic nitrogens is 2. The van der Waals surface area contributed by atoms with E-state index in [4.69, 9.17) is 0 Å². The summed E-state index contributed by atoms with van der Waals surface area (Å²) in [6, 6.07) is 10.6. The molecule has 0 unspecified atom stereocenters. The van der Waals surface area contributed by atoms with Crippen LogP contribution in [-0.4, -0.2) is 33.4 Å². The maximum absolute atomic E-state index is 13.2. The van der Waals surface area contributed by atoms with Crippen LogP contribution in [0.2, 0.25) is 0 Å². The average molecular weight is 424 g/mol. The molecule has 3 aromatic rings. The highest BCUT2D eigenvalue weighted by molar-refractivity contribution is 7.20. The van der Waals surface area contributed by atoms with Crippen LogP contribution in [0.15, 0.2) is 41.5 Å². The Morgan fingerprint density at radius 3 is 2.63 bits per heavy atom. The molecule has 0 aliphatic carbocycles. The third kappa shape index (κ3) is 4.19. The second-order valence-corrected chi connectivity index (χ2v) is 9.26. The molecule has 0 saturated carbocycles. The number of aryl methyl sites for hydroxylation is 2. The van der Waals surface area contributed by atoms with Crippen LogP contribution in [-0.2, 0) is 13.0 Å². The van der Waals surface area contributed by atoms with E-state index in [-0.39, 0.29) is 11.5 Å². The summed E-state index contributed by atoms with van der Waals surface area (Å²) >= 11 is 1.36. The molecule has 2 aromatic heterocycles. The van der Waals surface area contributed by atoms with E-state index in [1.54, 1.807) is 10.9 Å². The first kappa shape index (κ1) is 20.8. The van der Waals surface area contributed by atoms with Gasteiger partial charge in [0.05, 0.1) is 16.6 Å². The Bertz CT molecular complexity index is 1080. The smallest absolute Gasteiger partial charge is 0.264 e. The second kappa shape index (κ2) is 9.13. The quantitative estimate of drug-likeness (QED) is 0.579. The zero-order chi connectivity index (χ0) is 21.1. The summed E-state index contributed by atoms with van der Waals surface area (Å²) in [4.78, 5) is 33.9. The minimum absolute atomic E-state index is 0.0252. The molecule has 6 heteroatoms. The van der Waals surface area contributed by atoms with Gasteiger partial charge in [-0.2, -0.15) is 0 Å². The predicted octanol–water partition coefficient (Wildman–Crippen LogP) is 4.66. The molecule has 1 aromatic carbocycles. The van der Waals surface area contributed by atoms with Crippen LogP contribution in [0, 0.1) is 12.8 Å². The highest BCUT2D eigenvalue weighted by Crippen LogP contribution is 2.30. The zero-order valence-electron chi connectivity index (χ0n) is 17.8. The topological polar surface area (TPSA) is 55.2 Å². The average Bonchev–Trinajstić information content (AvgIpc) is 3.11. The highest BCUT2D eigenvalue weighted by atomic mass is 32.1. The van der Waals surface area contributed by atoms with E-state index in [0.717, 1.165) is 50.8 Å². The van der Waals surface area contributed by atoms with Crippen LogP contribution in [0.5, 0.6) is 0 Å². The summed E-state index contributed by atoms with van der Waals surface area (Å²) in [5, 5.41) is 0.612. The number of likely N-dealkylation sites (tertiary alicyclic amines) is 1. The third-order valence-electron chi connectivity index (χ3n) is 6.13. The number of hydrogen-bond acceptors (Lipinski definition) is 4. The molecule has 0 atom stereocenters. The Kier molecular flexibility index (Phi) is 6.32. The Morgan fingerprint density at radius 1 is 1.20 bits per heavy atom. The summed E-state index contributed by atoms with van der Waals surface area (Å²) in [6.45, 7) is 6.22. The lowest BCUT2D eigenvalue weighted by Gasteiger charge is -2.32. The molecule has 0 spiro atoms. The van der Waals surface area contributed by atoms with Crippen molar-refractivity contribution >= 4 is 27.5 Å². The van der Waals surface area contributed by atoms with Crippen molar-refractivity contribution in [3.63, 3.8) is 0 Å². The fraction of sp³-hybridized carbons (Fsp3) is 0.458. The lowest BCUT2D eigenvalue weighted by atomic mass is 9.90. The summed E-state index contributed by atoms with van der Waals surface area (Å²) in [6.07, 6.45) is 6.71. The molecule has 1 aliphatic rings. The predicted molar refractivity (Wildman–Crippen MR) is 122 cm³/mol. The van der Waals surface area contributed by atoms with Gasteiger partial charge in [0.2, 0.25) is 0 Å². The molecule has 1 fully saturated rings. The minimum Gasteiger partial charge on any atom is -0.338 e. The van der Waals surface area contributed by atoms with E-state index in [0.29, 0.717) is 27.6 Å². The zero-order valence-corrected chi connectivity index (χ0v) is 18.6. The lowest BCUT2D eigenvalue weighted by Crippen LogP contribution is -2.38. The molecule has 3 heterocycles. The largest absolute Gasteiger partial charge is 0.338 e. The van der Waals surface area contributed by atoms with Gasteiger partial charge in [-0.25, -0.2) is 4.98 Å². The number of carbonyl (C=O) groups excluding carboxylic acids is 1. The van der Waals surface area contributed by atoms with Crippen LogP contribution in [0.25, 0.3) is 10.2 Å². The lowest BCUT2D eigenvalue weighted by molar-refractivity contribution is 0.0695. The molecule has 30 heavy (non-hydrogen) atoms. The molecule has 5 nitrogen and oxygen atoms in total. The van der Waals surface area contributed by atoms with Crippen LogP contribution < -0.4 is 5.56 Å². The molecule has 1 amide bonds. The summed E-state index contributed by atoms with van der Waals surface area (Å²) in [5.41, 5.74) is 2.13. The van der Waals surface area contributed by atoms with Gasteiger partial charge in [-0.3, -0.25) is 14.2 Å². The fourth-order valence-electron chi connectivity index (χ4n) is 4.28. The van der Waals surface area contributed by atoms with Crippen molar-refractivity contribution in [2.75, 3.05) is 13.1 Å². The first-order chi connectivity index (χ1) is 14.6. The molecule has 0 radical (unpaired) electrons. The molecule has 0 N–H and O–H groups in total. The minimum atomic E-state index is -0.0252. The molecule has 4 rings (SSSR count). The number of rotatable bonds is 6. The number of piperidine rings is 1. The van der Waals surface area contributed by atoms with Crippen molar-refractivity contribution in [1.82, 2.24) is 14.5 Å². The first-order valence-electron chi connectivity index (χ1n) is 10.9. The molecular formula is C24H29N3O2S. The Hall–Kier alpha value is -2.47. The van der Waals surface area contributed by atoms with Crippen LogP contribution >= 0.6 is 11.3 Å². The monoisotopic (exact) mass is 423 g/mol. The van der Waals surface area contributed by atoms with E-state index in [1.807, 2.05) is 17.9 Å². The van der Waals surface area contributed by atoms with Crippen molar-refractivity contribution in [2.24, 2.45) is 5.92 Å². The summed E-state index contributed by atoms with van der Waals surface area (Å²) in [7, 11) is 0. The van der Waals surface area contributed by atoms with Crippen molar-refractivity contribution in [1.29, 1.82) is 0 Å². The first-order valence-corrected chi connectivity index (χ1v) is 11.7. The SMILES string of the molecule is CCCCn1cnc2sc(C(=O)N3CCC(Cc4ccccc4)CC3)c(C)c2c1=O. The van der Waals surface area contributed by atoms with E-state index in [1.165, 1.54) is 16.9 Å². The van der Waals surface area contributed by atoms with E-state index in [9.17, 15) is 9.59 Å². The van der Waals surface area contributed by atoms with E-state index in [2.05, 4.69) is 36.2 Å². The summed E-state index contributed by atoms with van der Waals surface area (Å²) < 4.78 is 1.68. The van der Waals surface area contributed by atoms with Crippen LogP contribution in [0.1, 0.15) is 53.4 Å². The number of carbonyl (C=O) groups is 1. The normalized spacial score (nSPS) is 15.1.